The summed E-state index contributed by atoms with van der Waals surface area (Å²) in [5.74, 6) is 0. The third kappa shape index (κ3) is 3.37. The average Bonchev–Trinajstić information content (AvgIpc) is 2.36. The van der Waals surface area contributed by atoms with Crippen LogP contribution < -0.4 is 11.1 Å². The van der Waals surface area contributed by atoms with Gasteiger partial charge in [0.15, 0.2) is 0 Å². The highest BCUT2D eigenvalue weighted by Crippen LogP contribution is 2.31. The van der Waals surface area contributed by atoms with Crippen LogP contribution in [0.15, 0.2) is 30.5 Å². The summed E-state index contributed by atoms with van der Waals surface area (Å²) in [4.78, 5) is 7.52. The Hall–Kier alpha value is -2.31. The minimum Gasteiger partial charge on any atom is -0.396 e. The molecule has 0 aliphatic carbocycles. The van der Waals surface area contributed by atoms with E-state index in [-0.39, 0.29) is 17.9 Å². The van der Waals surface area contributed by atoms with Gasteiger partial charge in [0, 0.05) is 5.69 Å². The second-order valence-corrected chi connectivity index (χ2v) is 4.28. The van der Waals surface area contributed by atoms with E-state index >= 15 is 0 Å². The number of nitrogens with zero attached hydrogens (tertiary/aromatic N) is 2. The lowest BCUT2D eigenvalue weighted by Crippen LogP contribution is -2.11. The summed E-state index contributed by atoms with van der Waals surface area (Å²) in [5.41, 5.74) is 6.54. The number of nitrogens with one attached hydrogen (secondary N) is 1. The first-order valence-electron chi connectivity index (χ1n) is 5.85. The first-order valence-corrected chi connectivity index (χ1v) is 5.85. The molecule has 0 saturated carbocycles. The van der Waals surface area contributed by atoms with E-state index in [4.69, 9.17) is 5.73 Å². The number of hydrogen-bond donors (Lipinski definition) is 2. The van der Waals surface area contributed by atoms with E-state index in [2.05, 4.69) is 15.3 Å². The van der Waals surface area contributed by atoms with Crippen molar-refractivity contribution in [2.75, 3.05) is 11.1 Å². The molecule has 2 rings (SSSR count). The molecule has 106 valence electrons. The number of nitrogens with two attached hydrogens (primary N) is 1. The molecule has 2 aromatic heterocycles. The number of anilines is 2. The van der Waals surface area contributed by atoms with Gasteiger partial charge in [0.2, 0.25) is 0 Å². The maximum absolute atomic E-state index is 12.6. The Bertz CT molecular complexity index is 611. The van der Waals surface area contributed by atoms with E-state index in [0.29, 0.717) is 0 Å². The van der Waals surface area contributed by atoms with Gasteiger partial charge in [-0.1, -0.05) is 6.07 Å². The molecule has 0 fully saturated rings. The summed E-state index contributed by atoms with van der Waals surface area (Å²) in [7, 11) is 0. The van der Waals surface area contributed by atoms with Gasteiger partial charge in [-0.2, -0.15) is 13.2 Å². The van der Waals surface area contributed by atoms with Gasteiger partial charge >= 0.3 is 6.18 Å². The summed E-state index contributed by atoms with van der Waals surface area (Å²) in [6, 6.07) is 6.34. The van der Waals surface area contributed by atoms with E-state index in [1.807, 2.05) is 19.1 Å². The van der Waals surface area contributed by atoms with Gasteiger partial charge in [0.1, 0.15) is 5.69 Å². The number of aryl methyl sites for hydroxylation is 1. The molecule has 4 nitrogen and oxygen atoms in total. The zero-order valence-corrected chi connectivity index (χ0v) is 10.7. The Morgan fingerprint density at radius 2 is 2.05 bits per heavy atom. The number of aromatic nitrogens is 2. The van der Waals surface area contributed by atoms with Crippen LogP contribution in [0.25, 0.3) is 0 Å². The Balaban J connectivity index is 2.17. The zero-order valence-electron chi connectivity index (χ0n) is 10.7. The minimum atomic E-state index is -4.49. The van der Waals surface area contributed by atoms with Crippen molar-refractivity contribution < 1.29 is 13.2 Å². The van der Waals surface area contributed by atoms with Gasteiger partial charge in [-0.25, -0.2) is 4.98 Å². The first-order chi connectivity index (χ1) is 9.36. The summed E-state index contributed by atoms with van der Waals surface area (Å²) in [5, 5.41) is 2.84. The fraction of sp³-hybridized carbons (Fsp3) is 0.231. The van der Waals surface area contributed by atoms with Crippen molar-refractivity contribution in [3.8, 4) is 0 Å². The normalized spacial score (nSPS) is 11.4. The summed E-state index contributed by atoms with van der Waals surface area (Å²) < 4.78 is 37.7. The van der Waals surface area contributed by atoms with Crippen molar-refractivity contribution in [2.45, 2.75) is 19.6 Å². The number of pyridine rings is 2. The van der Waals surface area contributed by atoms with Crippen LogP contribution in [0.2, 0.25) is 0 Å². The Morgan fingerprint density at radius 3 is 2.70 bits per heavy atom. The highest BCUT2D eigenvalue weighted by atomic mass is 19.4. The van der Waals surface area contributed by atoms with Crippen molar-refractivity contribution >= 4 is 11.4 Å². The van der Waals surface area contributed by atoms with E-state index in [1.165, 1.54) is 0 Å². The molecule has 0 spiro atoms. The van der Waals surface area contributed by atoms with Crippen LogP contribution >= 0.6 is 0 Å². The molecular formula is C13H13F3N4. The fourth-order valence-corrected chi connectivity index (χ4v) is 1.66. The number of halogens is 3. The second-order valence-electron chi connectivity index (χ2n) is 4.28. The minimum absolute atomic E-state index is 0.158. The molecule has 0 aliphatic heterocycles. The van der Waals surface area contributed by atoms with Crippen molar-refractivity contribution in [1.29, 1.82) is 0 Å². The molecule has 0 bridgehead atoms. The SMILES string of the molecule is Cc1cccc(CNc2cc(C(F)(F)F)ncc2N)n1. The molecule has 0 radical (unpaired) electrons. The van der Waals surface area contributed by atoms with Crippen molar-refractivity contribution in [3.63, 3.8) is 0 Å². The number of rotatable bonds is 3. The van der Waals surface area contributed by atoms with Crippen molar-refractivity contribution in [1.82, 2.24) is 9.97 Å². The standard InChI is InChI=1S/C13H13F3N4/c1-8-3-2-4-9(20-8)6-18-11-5-12(13(14,15)16)19-7-10(11)17/h2-5,7H,6,17H2,1H3,(H,18,19). The van der Waals surface area contributed by atoms with E-state index in [9.17, 15) is 13.2 Å². The second kappa shape index (κ2) is 5.36. The zero-order chi connectivity index (χ0) is 14.8. The topological polar surface area (TPSA) is 63.8 Å². The summed E-state index contributed by atoms with van der Waals surface area (Å²) >= 11 is 0. The number of nitrogen functional groups attached to an aromatic ring is 1. The van der Waals surface area contributed by atoms with Gasteiger partial charge in [0.05, 0.1) is 29.8 Å². The largest absolute Gasteiger partial charge is 0.433 e. The number of hydrogen-bond acceptors (Lipinski definition) is 4. The lowest BCUT2D eigenvalue weighted by atomic mass is 10.2. The molecule has 0 saturated heterocycles. The third-order valence-electron chi connectivity index (χ3n) is 2.63. The summed E-state index contributed by atoms with van der Waals surface area (Å²) in [6.07, 6.45) is -3.50. The fourth-order valence-electron chi connectivity index (χ4n) is 1.66. The molecule has 0 unspecified atom stereocenters. The van der Waals surface area contributed by atoms with Crippen molar-refractivity contribution in [3.05, 3.63) is 47.5 Å². The van der Waals surface area contributed by atoms with Gasteiger partial charge in [0.25, 0.3) is 0 Å². The highest BCUT2D eigenvalue weighted by Gasteiger charge is 2.32. The molecular weight excluding hydrogens is 269 g/mol. The van der Waals surface area contributed by atoms with Gasteiger partial charge in [-0.15, -0.1) is 0 Å². The smallest absolute Gasteiger partial charge is 0.396 e. The maximum atomic E-state index is 12.6. The third-order valence-corrected chi connectivity index (χ3v) is 2.63. The highest BCUT2D eigenvalue weighted by molar-refractivity contribution is 5.65. The summed E-state index contributed by atoms with van der Waals surface area (Å²) in [6.45, 7) is 2.12. The first kappa shape index (κ1) is 14.1. The van der Waals surface area contributed by atoms with Crippen LogP contribution in [0.4, 0.5) is 24.5 Å². The Morgan fingerprint density at radius 1 is 1.30 bits per heavy atom. The maximum Gasteiger partial charge on any atom is 0.433 e. The molecule has 0 aromatic carbocycles. The predicted octanol–water partition coefficient (Wildman–Crippen LogP) is 3.00. The average molecular weight is 282 g/mol. The molecule has 3 N–H and O–H groups in total. The van der Waals surface area contributed by atoms with Gasteiger partial charge < -0.3 is 11.1 Å². The monoisotopic (exact) mass is 282 g/mol. The van der Waals surface area contributed by atoms with E-state index in [0.717, 1.165) is 23.7 Å². The van der Waals surface area contributed by atoms with Crippen LogP contribution in [-0.2, 0) is 12.7 Å². The molecule has 0 amide bonds. The lowest BCUT2D eigenvalue weighted by molar-refractivity contribution is -0.141. The van der Waals surface area contributed by atoms with Crippen LogP contribution in [0.5, 0.6) is 0 Å². The van der Waals surface area contributed by atoms with Crippen molar-refractivity contribution in [2.24, 2.45) is 0 Å². The van der Waals surface area contributed by atoms with Gasteiger partial charge in [-0.3, -0.25) is 4.98 Å². The van der Waals surface area contributed by atoms with Crippen LogP contribution in [0.3, 0.4) is 0 Å². The lowest BCUT2D eigenvalue weighted by Gasteiger charge is -2.12. The van der Waals surface area contributed by atoms with Crippen LogP contribution in [-0.4, -0.2) is 9.97 Å². The molecule has 0 atom stereocenters. The molecule has 2 aromatic rings. The quantitative estimate of drug-likeness (QED) is 0.908. The van der Waals surface area contributed by atoms with Crippen LogP contribution in [0, 0.1) is 6.92 Å². The molecule has 0 aliphatic rings. The Kier molecular flexibility index (Phi) is 3.78. The van der Waals surface area contributed by atoms with Crippen LogP contribution in [0.1, 0.15) is 17.1 Å². The van der Waals surface area contributed by atoms with E-state index in [1.54, 1.807) is 6.07 Å². The predicted molar refractivity (Wildman–Crippen MR) is 70.0 cm³/mol. The van der Waals surface area contributed by atoms with Gasteiger partial charge in [-0.05, 0) is 25.1 Å². The molecule has 2 heterocycles. The number of alkyl halides is 3. The van der Waals surface area contributed by atoms with E-state index < -0.39 is 11.9 Å². The molecule has 7 heteroatoms. The molecule has 20 heavy (non-hydrogen) atoms. The Labute approximate surface area is 113 Å².